The van der Waals surface area contributed by atoms with Gasteiger partial charge in [0.05, 0.1) is 0 Å². The average Bonchev–Trinajstić information content (AvgIpc) is 3.19. The highest BCUT2D eigenvalue weighted by Crippen LogP contribution is 2.45. The van der Waals surface area contributed by atoms with Crippen LogP contribution in [-0.2, 0) is 6.42 Å². The molecule has 234 valence electrons. The second-order valence-electron chi connectivity index (χ2n) is 13.6. The first-order valence-corrected chi connectivity index (χ1v) is 17.6. The molecule has 0 nitrogen and oxygen atoms in total. The molecule has 0 heterocycles. The molecule has 50 heavy (non-hydrogen) atoms. The molecular weight excluding hydrogens is 601 g/mol. The van der Waals surface area contributed by atoms with Crippen molar-refractivity contribution in [2.45, 2.75) is 12.8 Å². The lowest BCUT2D eigenvalue weighted by atomic mass is 9.83. The fraction of sp³-hybridized carbons (Fsp3) is 0.0400. The lowest BCUT2D eigenvalue weighted by Crippen LogP contribution is -2.00. The Morgan fingerprint density at radius 2 is 0.800 bits per heavy atom. The third-order valence-corrected chi connectivity index (χ3v) is 10.7. The van der Waals surface area contributed by atoms with E-state index in [4.69, 9.17) is 0 Å². The van der Waals surface area contributed by atoms with Gasteiger partial charge in [0.1, 0.15) is 0 Å². The Morgan fingerprint density at radius 3 is 1.48 bits per heavy atom. The maximum absolute atomic E-state index is 2.42. The van der Waals surface area contributed by atoms with Crippen molar-refractivity contribution in [2.75, 3.05) is 0 Å². The molecule has 0 saturated carbocycles. The lowest BCUT2D eigenvalue weighted by Gasteiger charge is -2.20. The van der Waals surface area contributed by atoms with Gasteiger partial charge in [-0.1, -0.05) is 158 Å². The summed E-state index contributed by atoms with van der Waals surface area (Å²) in [5.41, 5.74) is 13.0. The summed E-state index contributed by atoms with van der Waals surface area (Å²) in [7, 11) is 0. The highest BCUT2D eigenvalue weighted by molar-refractivity contribution is 6.21. The first-order valence-electron chi connectivity index (χ1n) is 17.6. The van der Waals surface area contributed by atoms with Gasteiger partial charge in [-0.3, -0.25) is 0 Å². The smallest absolute Gasteiger partial charge is 0.00262 e. The summed E-state index contributed by atoms with van der Waals surface area (Å²) in [6.07, 6.45) is 4.61. The SMILES string of the molecule is C1=C(c2cccc(-c3c4ccccc4c(-c4ccc5cc(-c6ccc7ccccc7c6)ccc5c4)c4ccccc34)c2)c2ccccc2CC1. The molecule has 0 aromatic heterocycles. The molecule has 0 unspecified atom stereocenters. The summed E-state index contributed by atoms with van der Waals surface area (Å²) in [6.45, 7) is 0. The predicted octanol–water partition coefficient (Wildman–Crippen LogP) is 13.7. The van der Waals surface area contributed by atoms with Gasteiger partial charge in [-0.05, 0) is 136 Å². The molecule has 10 rings (SSSR count). The van der Waals surface area contributed by atoms with E-state index >= 15 is 0 Å². The van der Waals surface area contributed by atoms with Gasteiger partial charge in [0.15, 0.2) is 0 Å². The molecule has 9 aromatic carbocycles. The summed E-state index contributed by atoms with van der Waals surface area (Å²) in [5.74, 6) is 0. The molecule has 1 aliphatic rings. The van der Waals surface area contributed by atoms with Crippen LogP contribution in [0, 0.1) is 0 Å². The zero-order chi connectivity index (χ0) is 33.0. The van der Waals surface area contributed by atoms with Crippen molar-refractivity contribution in [2.24, 2.45) is 0 Å². The Bertz CT molecular complexity index is 2760. The van der Waals surface area contributed by atoms with Crippen LogP contribution in [0.1, 0.15) is 23.1 Å². The molecule has 0 N–H and O–H groups in total. The number of allylic oxidation sites excluding steroid dienone is 1. The standard InChI is InChI=1S/C50H34/c1-2-13-35-29-36(24-23-33(35)11-1)37-25-26-39-31-42(28-27-38(39)30-37)50-47-20-7-5-18-45(47)49(46-19-6-8-21-48(46)50)41-16-9-15-40(32-41)44-22-10-14-34-12-3-4-17-43(34)44/h1-9,11-13,15-32H,10,14H2. The van der Waals surface area contributed by atoms with Crippen molar-refractivity contribution in [3.63, 3.8) is 0 Å². The van der Waals surface area contributed by atoms with Crippen LogP contribution in [0.15, 0.2) is 182 Å². The third kappa shape index (κ3) is 4.76. The Labute approximate surface area is 292 Å². The van der Waals surface area contributed by atoms with Gasteiger partial charge in [0, 0.05) is 0 Å². The van der Waals surface area contributed by atoms with Crippen LogP contribution in [-0.4, -0.2) is 0 Å². The van der Waals surface area contributed by atoms with Crippen molar-refractivity contribution in [3.05, 3.63) is 199 Å². The maximum atomic E-state index is 2.42. The molecule has 1 aliphatic carbocycles. The zero-order valence-corrected chi connectivity index (χ0v) is 27.7. The van der Waals surface area contributed by atoms with Gasteiger partial charge in [0.25, 0.3) is 0 Å². The second kappa shape index (κ2) is 11.7. The molecule has 0 radical (unpaired) electrons. The van der Waals surface area contributed by atoms with Crippen molar-refractivity contribution >= 4 is 48.7 Å². The highest BCUT2D eigenvalue weighted by Gasteiger charge is 2.19. The summed E-state index contributed by atoms with van der Waals surface area (Å²) in [6, 6.07) is 65.2. The van der Waals surface area contributed by atoms with E-state index in [1.54, 1.807) is 0 Å². The number of benzene rings is 9. The highest BCUT2D eigenvalue weighted by atomic mass is 14.2. The molecular formula is C50H34. The lowest BCUT2D eigenvalue weighted by molar-refractivity contribution is 0.978. The van der Waals surface area contributed by atoms with Crippen LogP contribution in [0.2, 0.25) is 0 Å². The Kier molecular flexibility index (Phi) is 6.74. The van der Waals surface area contributed by atoms with Crippen LogP contribution in [0.5, 0.6) is 0 Å². The first-order chi connectivity index (χ1) is 24.8. The first kappa shape index (κ1) is 28.7. The third-order valence-electron chi connectivity index (χ3n) is 10.7. The van der Waals surface area contributed by atoms with E-state index in [0.717, 1.165) is 12.8 Å². The fourth-order valence-electron chi connectivity index (χ4n) is 8.30. The van der Waals surface area contributed by atoms with Crippen molar-refractivity contribution < 1.29 is 0 Å². The van der Waals surface area contributed by atoms with Gasteiger partial charge in [-0.2, -0.15) is 0 Å². The van der Waals surface area contributed by atoms with Gasteiger partial charge < -0.3 is 0 Å². The fourth-order valence-corrected chi connectivity index (χ4v) is 8.30. The number of rotatable bonds is 4. The molecule has 0 fully saturated rings. The topological polar surface area (TPSA) is 0 Å². The minimum atomic E-state index is 1.08. The van der Waals surface area contributed by atoms with E-state index in [-0.39, 0.29) is 0 Å². The Balaban J connectivity index is 1.12. The summed E-state index contributed by atoms with van der Waals surface area (Å²) in [4.78, 5) is 0. The number of aryl methyl sites for hydroxylation is 1. The number of fused-ring (bicyclic) bond motifs is 5. The van der Waals surface area contributed by atoms with Crippen LogP contribution in [0.3, 0.4) is 0 Å². The van der Waals surface area contributed by atoms with E-state index in [0.29, 0.717) is 0 Å². The average molecular weight is 635 g/mol. The van der Waals surface area contributed by atoms with Gasteiger partial charge >= 0.3 is 0 Å². The summed E-state index contributed by atoms with van der Waals surface area (Å²) >= 11 is 0. The number of hydrogen-bond donors (Lipinski definition) is 0. The second-order valence-corrected chi connectivity index (χ2v) is 13.6. The van der Waals surface area contributed by atoms with Gasteiger partial charge in [-0.25, -0.2) is 0 Å². The van der Waals surface area contributed by atoms with Crippen LogP contribution in [0.25, 0.3) is 82.0 Å². The zero-order valence-electron chi connectivity index (χ0n) is 27.7. The van der Waals surface area contributed by atoms with Crippen molar-refractivity contribution in [1.82, 2.24) is 0 Å². The predicted molar refractivity (Wildman–Crippen MR) is 215 cm³/mol. The molecule has 0 atom stereocenters. The molecule has 0 spiro atoms. The molecule has 0 aliphatic heterocycles. The van der Waals surface area contributed by atoms with E-state index in [1.807, 2.05) is 0 Å². The van der Waals surface area contributed by atoms with Crippen molar-refractivity contribution in [3.8, 4) is 33.4 Å². The number of hydrogen-bond acceptors (Lipinski definition) is 0. The monoisotopic (exact) mass is 634 g/mol. The minimum absolute atomic E-state index is 1.08. The van der Waals surface area contributed by atoms with E-state index in [1.165, 1.54) is 98.7 Å². The van der Waals surface area contributed by atoms with E-state index in [2.05, 4.69) is 182 Å². The van der Waals surface area contributed by atoms with Gasteiger partial charge in [-0.15, -0.1) is 0 Å². The normalized spacial score (nSPS) is 12.8. The molecule has 9 aromatic rings. The minimum Gasteiger partial charge on any atom is -0.0757 e. The van der Waals surface area contributed by atoms with E-state index < -0.39 is 0 Å². The van der Waals surface area contributed by atoms with Crippen molar-refractivity contribution in [1.29, 1.82) is 0 Å². The summed E-state index contributed by atoms with van der Waals surface area (Å²) in [5, 5.41) is 10.2. The Hall–Kier alpha value is -6.24. The molecule has 0 amide bonds. The molecule has 0 saturated heterocycles. The van der Waals surface area contributed by atoms with Gasteiger partial charge in [0.2, 0.25) is 0 Å². The van der Waals surface area contributed by atoms with Crippen LogP contribution >= 0.6 is 0 Å². The largest absolute Gasteiger partial charge is 0.0757 e. The quantitative estimate of drug-likeness (QED) is 0.169. The van der Waals surface area contributed by atoms with Crippen LogP contribution in [0.4, 0.5) is 0 Å². The molecule has 0 bridgehead atoms. The van der Waals surface area contributed by atoms with E-state index in [9.17, 15) is 0 Å². The maximum Gasteiger partial charge on any atom is -0.00262 e. The van der Waals surface area contributed by atoms with Crippen LogP contribution < -0.4 is 0 Å². The molecule has 0 heteroatoms. The summed E-state index contributed by atoms with van der Waals surface area (Å²) < 4.78 is 0. The Morgan fingerprint density at radius 1 is 0.320 bits per heavy atom.